The first-order chi connectivity index (χ1) is 18.0. The Morgan fingerprint density at radius 1 is 1.03 bits per heavy atom. The Morgan fingerprint density at radius 3 is 2.37 bits per heavy atom. The van der Waals surface area contributed by atoms with Crippen molar-refractivity contribution in [3.63, 3.8) is 0 Å². The molecule has 4 aromatic rings. The molecule has 0 saturated heterocycles. The molecule has 0 spiro atoms. The highest BCUT2D eigenvalue weighted by molar-refractivity contribution is 6.32. The molecule has 1 N–H and O–H groups in total. The van der Waals surface area contributed by atoms with Gasteiger partial charge in [0.05, 0.1) is 5.39 Å². The van der Waals surface area contributed by atoms with Crippen molar-refractivity contribution in [1.29, 1.82) is 0 Å². The fourth-order valence-corrected chi connectivity index (χ4v) is 4.00. The first kappa shape index (κ1) is 27.1. The third-order valence-electron chi connectivity index (χ3n) is 5.75. The number of alkyl halides is 3. The van der Waals surface area contributed by atoms with Gasteiger partial charge in [-0.2, -0.15) is 13.2 Å². The van der Waals surface area contributed by atoms with E-state index >= 15 is 0 Å². The predicted octanol–water partition coefficient (Wildman–Crippen LogP) is 7.45. The molecule has 1 aromatic heterocycles. The number of amides is 1. The molecule has 10 heteroatoms. The molecule has 38 heavy (non-hydrogen) atoms. The molecule has 0 atom stereocenters. The summed E-state index contributed by atoms with van der Waals surface area (Å²) in [6.07, 6.45) is -4.31. The van der Waals surface area contributed by atoms with Gasteiger partial charge in [0.1, 0.15) is 17.1 Å². The summed E-state index contributed by atoms with van der Waals surface area (Å²) in [6.45, 7) is 4.88. The second kappa shape index (κ2) is 10.8. The van der Waals surface area contributed by atoms with Crippen molar-refractivity contribution in [2.24, 2.45) is 0 Å². The number of hydrogen-bond acceptors (Lipinski definition) is 5. The molecule has 0 saturated carbocycles. The largest absolute Gasteiger partial charge is 0.484 e. The minimum atomic E-state index is -5.03. The first-order valence-corrected chi connectivity index (χ1v) is 12.0. The molecule has 0 radical (unpaired) electrons. The molecule has 0 aliphatic heterocycles. The lowest BCUT2D eigenvalue weighted by molar-refractivity contribution is -0.154. The average Bonchev–Trinajstić information content (AvgIpc) is 2.87. The predicted molar refractivity (Wildman–Crippen MR) is 138 cm³/mol. The van der Waals surface area contributed by atoms with Crippen LogP contribution in [-0.4, -0.2) is 12.5 Å². The van der Waals surface area contributed by atoms with Crippen LogP contribution in [0.4, 0.5) is 18.9 Å². The number of fused-ring (bicyclic) bond motifs is 1. The molecule has 198 valence electrons. The van der Waals surface area contributed by atoms with Crippen LogP contribution in [0.3, 0.4) is 0 Å². The Hall–Kier alpha value is -3.98. The lowest BCUT2D eigenvalue weighted by Crippen LogP contribution is -2.21. The van der Waals surface area contributed by atoms with E-state index in [0.29, 0.717) is 28.3 Å². The van der Waals surface area contributed by atoms with Crippen molar-refractivity contribution >= 4 is 34.2 Å². The molecular formula is C28H23ClF3NO5. The second-order valence-electron chi connectivity index (χ2n) is 8.57. The number of anilines is 1. The third-order valence-corrected chi connectivity index (χ3v) is 6.35. The van der Waals surface area contributed by atoms with Gasteiger partial charge in [-0.25, -0.2) is 0 Å². The van der Waals surface area contributed by atoms with E-state index in [1.807, 2.05) is 19.1 Å². The Labute approximate surface area is 220 Å². The van der Waals surface area contributed by atoms with Crippen LogP contribution in [0.15, 0.2) is 63.8 Å². The standard InChI is InChI=1S/C28H23ClF3NO5/c1-4-17-7-5-6-8-21(17)33-23(34)14-36-18-9-10-20-22(13-18)38-27(28(30,31)32)26(25(20)35)37-19-11-15(2)24(29)16(3)12-19/h5-13H,4,14H2,1-3H3,(H,33,34). The van der Waals surface area contributed by atoms with Crippen molar-refractivity contribution in [3.05, 3.63) is 92.3 Å². The van der Waals surface area contributed by atoms with Crippen LogP contribution < -0.4 is 20.2 Å². The molecule has 0 unspecified atom stereocenters. The van der Waals surface area contributed by atoms with Gasteiger partial charge in [0.25, 0.3) is 11.7 Å². The van der Waals surface area contributed by atoms with Crippen LogP contribution in [-0.2, 0) is 17.4 Å². The minimum absolute atomic E-state index is 0.0113. The maximum atomic E-state index is 13.9. The summed E-state index contributed by atoms with van der Waals surface area (Å²) >= 11 is 6.13. The van der Waals surface area contributed by atoms with Crippen molar-refractivity contribution in [3.8, 4) is 17.2 Å². The summed E-state index contributed by atoms with van der Waals surface area (Å²) in [5, 5.41) is 3.03. The quantitative estimate of drug-likeness (QED) is 0.261. The maximum absolute atomic E-state index is 13.9. The number of carbonyl (C=O) groups is 1. The molecule has 1 amide bonds. The van der Waals surface area contributed by atoms with Gasteiger partial charge >= 0.3 is 6.18 Å². The Bertz CT molecular complexity index is 1560. The number of benzene rings is 3. The molecule has 6 nitrogen and oxygen atoms in total. The first-order valence-electron chi connectivity index (χ1n) is 11.6. The fourth-order valence-electron chi connectivity index (χ4n) is 3.89. The summed E-state index contributed by atoms with van der Waals surface area (Å²) < 4.78 is 57.6. The molecule has 0 aliphatic rings. The highest BCUT2D eigenvalue weighted by Crippen LogP contribution is 2.39. The van der Waals surface area contributed by atoms with Crippen LogP contribution in [0.25, 0.3) is 11.0 Å². The summed E-state index contributed by atoms with van der Waals surface area (Å²) in [5.41, 5.74) is 1.35. The summed E-state index contributed by atoms with van der Waals surface area (Å²) in [7, 11) is 0. The van der Waals surface area contributed by atoms with Gasteiger partial charge in [-0.05, 0) is 67.3 Å². The lowest BCUT2D eigenvalue weighted by atomic mass is 10.1. The number of para-hydroxylation sites is 1. The molecule has 1 heterocycles. The SMILES string of the molecule is CCc1ccccc1NC(=O)COc1ccc2c(=O)c(Oc3cc(C)c(Cl)c(C)c3)c(C(F)(F)F)oc2c1. The van der Waals surface area contributed by atoms with Gasteiger partial charge in [0.2, 0.25) is 11.2 Å². The van der Waals surface area contributed by atoms with Crippen LogP contribution in [0, 0.1) is 13.8 Å². The summed E-state index contributed by atoms with van der Waals surface area (Å²) in [4.78, 5) is 25.4. The van der Waals surface area contributed by atoms with E-state index in [4.69, 9.17) is 25.5 Å². The molecular weight excluding hydrogens is 523 g/mol. The topological polar surface area (TPSA) is 77.8 Å². The monoisotopic (exact) mass is 545 g/mol. The van der Waals surface area contributed by atoms with E-state index in [1.165, 1.54) is 24.3 Å². The molecule has 0 aliphatic carbocycles. The fraction of sp³-hybridized carbons (Fsp3) is 0.214. The number of rotatable bonds is 7. The van der Waals surface area contributed by atoms with Crippen LogP contribution in [0.1, 0.15) is 29.4 Å². The van der Waals surface area contributed by atoms with Crippen molar-refractivity contribution in [2.75, 3.05) is 11.9 Å². The number of ether oxygens (including phenoxy) is 2. The van der Waals surface area contributed by atoms with Gasteiger partial charge in [-0.15, -0.1) is 0 Å². The minimum Gasteiger partial charge on any atom is -0.484 e. The molecule has 3 aromatic carbocycles. The third kappa shape index (κ3) is 5.78. The van der Waals surface area contributed by atoms with E-state index in [2.05, 4.69) is 5.32 Å². The number of hydrogen-bond donors (Lipinski definition) is 1. The second-order valence-corrected chi connectivity index (χ2v) is 8.94. The Balaban J connectivity index is 1.62. The van der Waals surface area contributed by atoms with E-state index in [9.17, 15) is 22.8 Å². The van der Waals surface area contributed by atoms with Crippen molar-refractivity contribution in [2.45, 2.75) is 33.4 Å². The number of nitrogens with one attached hydrogen (secondary N) is 1. The zero-order valence-electron chi connectivity index (χ0n) is 20.7. The molecule has 4 rings (SSSR count). The Morgan fingerprint density at radius 2 is 1.71 bits per heavy atom. The van der Waals surface area contributed by atoms with E-state index in [1.54, 1.807) is 26.0 Å². The zero-order chi connectivity index (χ0) is 27.6. The van der Waals surface area contributed by atoms with Crippen LogP contribution in [0.2, 0.25) is 5.02 Å². The number of halogens is 4. The van der Waals surface area contributed by atoms with E-state index in [-0.39, 0.29) is 22.5 Å². The van der Waals surface area contributed by atoms with Gasteiger partial charge in [0.15, 0.2) is 6.61 Å². The average molecular weight is 546 g/mol. The van der Waals surface area contributed by atoms with Crippen LogP contribution in [0.5, 0.6) is 17.2 Å². The van der Waals surface area contributed by atoms with Gasteiger partial charge in [-0.3, -0.25) is 9.59 Å². The normalized spacial score (nSPS) is 11.4. The van der Waals surface area contributed by atoms with Crippen molar-refractivity contribution in [1.82, 2.24) is 0 Å². The van der Waals surface area contributed by atoms with E-state index < -0.39 is 35.6 Å². The highest BCUT2D eigenvalue weighted by atomic mass is 35.5. The summed E-state index contributed by atoms with van der Waals surface area (Å²) in [6, 6.07) is 13.9. The number of aryl methyl sites for hydroxylation is 3. The van der Waals surface area contributed by atoms with Crippen LogP contribution >= 0.6 is 11.6 Å². The zero-order valence-corrected chi connectivity index (χ0v) is 21.4. The highest BCUT2D eigenvalue weighted by Gasteiger charge is 2.40. The molecule has 0 fully saturated rings. The smallest absolute Gasteiger partial charge is 0.453 e. The van der Waals surface area contributed by atoms with Gasteiger partial charge in [-0.1, -0.05) is 36.7 Å². The number of carbonyl (C=O) groups excluding carboxylic acids is 1. The van der Waals surface area contributed by atoms with Gasteiger partial charge in [0, 0.05) is 16.8 Å². The molecule has 0 bridgehead atoms. The van der Waals surface area contributed by atoms with Gasteiger partial charge < -0.3 is 19.2 Å². The maximum Gasteiger partial charge on any atom is 0.453 e. The van der Waals surface area contributed by atoms with E-state index in [0.717, 1.165) is 11.6 Å². The lowest BCUT2D eigenvalue weighted by Gasteiger charge is -2.15. The van der Waals surface area contributed by atoms with Crippen molar-refractivity contribution < 1.29 is 31.9 Å². The Kier molecular flexibility index (Phi) is 7.68. The summed E-state index contributed by atoms with van der Waals surface area (Å²) in [5.74, 6) is -2.98.